The van der Waals surface area contributed by atoms with Gasteiger partial charge in [0, 0.05) is 6.08 Å². The highest BCUT2D eigenvalue weighted by molar-refractivity contribution is 5.87. The molecule has 2 aromatic rings. The number of carbonyl (C=O) groups is 1. The summed E-state index contributed by atoms with van der Waals surface area (Å²) in [6.45, 7) is 0.452. The summed E-state index contributed by atoms with van der Waals surface area (Å²) in [5, 5.41) is 9.50. The molecular weight excluding hydrogens is 296 g/mol. The van der Waals surface area contributed by atoms with Gasteiger partial charge < -0.3 is 19.3 Å². The largest absolute Gasteiger partial charge is 0.504 e. The Kier molecular flexibility index (Phi) is 6.06. The van der Waals surface area contributed by atoms with Crippen LogP contribution in [0.3, 0.4) is 0 Å². The van der Waals surface area contributed by atoms with E-state index in [9.17, 15) is 9.90 Å². The summed E-state index contributed by atoms with van der Waals surface area (Å²) in [6.07, 6.45) is 2.90. The fourth-order valence-corrected chi connectivity index (χ4v) is 1.83. The molecule has 0 aliphatic heterocycles. The number of rotatable bonds is 7. The summed E-state index contributed by atoms with van der Waals surface area (Å²) in [5.74, 6) is 0.658. The third kappa shape index (κ3) is 5.39. The fourth-order valence-electron chi connectivity index (χ4n) is 1.83. The lowest BCUT2D eigenvalue weighted by Crippen LogP contribution is -2.10. The van der Waals surface area contributed by atoms with Crippen LogP contribution < -0.4 is 9.47 Å². The summed E-state index contributed by atoms with van der Waals surface area (Å²) in [4.78, 5) is 11.6. The Morgan fingerprint density at radius 2 is 1.91 bits per heavy atom. The lowest BCUT2D eigenvalue weighted by atomic mass is 10.2. The van der Waals surface area contributed by atoms with Gasteiger partial charge in [-0.15, -0.1) is 0 Å². The Morgan fingerprint density at radius 3 is 2.65 bits per heavy atom. The molecule has 5 nitrogen and oxygen atoms in total. The first kappa shape index (κ1) is 16.4. The lowest BCUT2D eigenvalue weighted by molar-refractivity contribution is -0.138. The molecule has 0 saturated carbocycles. The van der Waals surface area contributed by atoms with Gasteiger partial charge in [0.05, 0.1) is 7.11 Å². The average Bonchev–Trinajstić information content (AvgIpc) is 2.59. The molecule has 0 aromatic heterocycles. The van der Waals surface area contributed by atoms with Crippen LogP contribution in [0.5, 0.6) is 17.2 Å². The van der Waals surface area contributed by atoms with Crippen LogP contribution in [-0.2, 0) is 9.53 Å². The van der Waals surface area contributed by atoms with Crippen LogP contribution in [0.2, 0.25) is 0 Å². The van der Waals surface area contributed by atoms with Gasteiger partial charge in [-0.1, -0.05) is 24.3 Å². The van der Waals surface area contributed by atoms with Gasteiger partial charge in [0.25, 0.3) is 0 Å². The van der Waals surface area contributed by atoms with Crippen molar-refractivity contribution in [2.75, 3.05) is 20.3 Å². The van der Waals surface area contributed by atoms with Crippen molar-refractivity contribution in [2.24, 2.45) is 0 Å². The monoisotopic (exact) mass is 314 g/mol. The first-order chi connectivity index (χ1) is 11.2. The number of phenols is 1. The van der Waals surface area contributed by atoms with E-state index in [0.717, 1.165) is 11.3 Å². The maximum atomic E-state index is 11.6. The van der Waals surface area contributed by atoms with Crippen LogP contribution in [0.15, 0.2) is 54.6 Å². The number of aromatic hydroxyl groups is 1. The summed E-state index contributed by atoms with van der Waals surface area (Å²) >= 11 is 0. The second-order valence-corrected chi connectivity index (χ2v) is 4.59. The van der Waals surface area contributed by atoms with E-state index in [-0.39, 0.29) is 19.0 Å². The molecule has 120 valence electrons. The van der Waals surface area contributed by atoms with Gasteiger partial charge in [-0.3, -0.25) is 0 Å². The molecular formula is C18H18O5. The van der Waals surface area contributed by atoms with Gasteiger partial charge in [-0.05, 0) is 35.9 Å². The highest BCUT2D eigenvalue weighted by Crippen LogP contribution is 2.26. The summed E-state index contributed by atoms with van der Waals surface area (Å²) in [6, 6.07) is 14.1. The van der Waals surface area contributed by atoms with Crippen molar-refractivity contribution in [1.82, 2.24) is 0 Å². The molecule has 0 aliphatic carbocycles. The highest BCUT2D eigenvalue weighted by Gasteiger charge is 2.02. The number of para-hydroxylation sites is 1. The average molecular weight is 314 g/mol. The quantitative estimate of drug-likeness (QED) is 0.483. The van der Waals surface area contributed by atoms with Crippen molar-refractivity contribution < 1.29 is 24.1 Å². The van der Waals surface area contributed by atoms with Crippen molar-refractivity contribution in [1.29, 1.82) is 0 Å². The van der Waals surface area contributed by atoms with E-state index in [1.54, 1.807) is 18.2 Å². The predicted molar refractivity (Wildman–Crippen MR) is 86.6 cm³/mol. The van der Waals surface area contributed by atoms with Crippen LogP contribution in [0.4, 0.5) is 0 Å². The van der Waals surface area contributed by atoms with Gasteiger partial charge in [-0.2, -0.15) is 0 Å². The smallest absolute Gasteiger partial charge is 0.330 e. The molecule has 0 fully saturated rings. The standard InChI is InChI=1S/C18H18O5/c1-21-17-13-14(7-9-16(17)19)8-10-18(20)23-12-11-22-15-5-3-2-4-6-15/h2-10,13,19H,11-12H2,1H3/b10-8+. The second kappa shape index (κ2) is 8.48. The number of benzene rings is 2. The van der Waals surface area contributed by atoms with Crippen molar-refractivity contribution in [2.45, 2.75) is 0 Å². The SMILES string of the molecule is COc1cc(/C=C/C(=O)OCCOc2ccccc2)ccc1O. The van der Waals surface area contributed by atoms with Crippen LogP contribution in [-0.4, -0.2) is 31.4 Å². The van der Waals surface area contributed by atoms with Crippen molar-refractivity contribution in [3.8, 4) is 17.2 Å². The number of esters is 1. The first-order valence-electron chi connectivity index (χ1n) is 7.09. The number of carbonyl (C=O) groups excluding carboxylic acids is 1. The summed E-state index contributed by atoms with van der Waals surface area (Å²) < 4.78 is 15.4. The molecule has 0 radical (unpaired) electrons. The van der Waals surface area contributed by atoms with Crippen LogP contribution in [0.1, 0.15) is 5.56 Å². The van der Waals surface area contributed by atoms with Gasteiger partial charge in [0.1, 0.15) is 19.0 Å². The molecule has 0 amide bonds. The van der Waals surface area contributed by atoms with E-state index in [4.69, 9.17) is 14.2 Å². The van der Waals surface area contributed by atoms with E-state index in [2.05, 4.69) is 0 Å². The molecule has 0 atom stereocenters. The molecule has 5 heteroatoms. The third-order valence-electron chi connectivity index (χ3n) is 2.96. The molecule has 1 N–H and O–H groups in total. The van der Waals surface area contributed by atoms with Crippen LogP contribution in [0, 0.1) is 0 Å². The van der Waals surface area contributed by atoms with Crippen molar-refractivity contribution >= 4 is 12.0 Å². The minimum Gasteiger partial charge on any atom is -0.504 e. The Balaban J connectivity index is 1.76. The third-order valence-corrected chi connectivity index (χ3v) is 2.96. The zero-order valence-corrected chi connectivity index (χ0v) is 12.8. The number of methoxy groups -OCH3 is 1. The van der Waals surface area contributed by atoms with Crippen molar-refractivity contribution in [3.63, 3.8) is 0 Å². The number of hydrogen-bond donors (Lipinski definition) is 1. The molecule has 0 saturated heterocycles. The Morgan fingerprint density at radius 1 is 1.13 bits per heavy atom. The van der Waals surface area contributed by atoms with E-state index in [0.29, 0.717) is 5.75 Å². The van der Waals surface area contributed by atoms with E-state index >= 15 is 0 Å². The Hall–Kier alpha value is -2.95. The molecule has 23 heavy (non-hydrogen) atoms. The van der Waals surface area contributed by atoms with Crippen molar-refractivity contribution in [3.05, 3.63) is 60.2 Å². The zero-order chi connectivity index (χ0) is 16.5. The number of phenolic OH excluding ortho intramolecular Hbond substituents is 1. The molecule has 0 unspecified atom stereocenters. The Labute approximate surface area is 134 Å². The number of ether oxygens (including phenoxy) is 3. The maximum absolute atomic E-state index is 11.6. The lowest BCUT2D eigenvalue weighted by Gasteiger charge is -2.06. The molecule has 2 aromatic carbocycles. The second-order valence-electron chi connectivity index (χ2n) is 4.59. The maximum Gasteiger partial charge on any atom is 0.330 e. The first-order valence-corrected chi connectivity index (χ1v) is 7.09. The van der Waals surface area contributed by atoms with E-state index in [1.165, 1.54) is 19.3 Å². The topological polar surface area (TPSA) is 65.0 Å². The van der Waals surface area contributed by atoms with Gasteiger partial charge >= 0.3 is 5.97 Å². The Bertz CT molecular complexity index is 664. The highest BCUT2D eigenvalue weighted by atomic mass is 16.6. The number of hydrogen-bond acceptors (Lipinski definition) is 5. The molecule has 0 spiro atoms. The van der Waals surface area contributed by atoms with Gasteiger partial charge in [0.2, 0.25) is 0 Å². The van der Waals surface area contributed by atoms with E-state index in [1.807, 2.05) is 30.3 Å². The minimum absolute atomic E-state index is 0.0466. The summed E-state index contributed by atoms with van der Waals surface area (Å²) in [7, 11) is 1.46. The molecule has 2 rings (SSSR count). The van der Waals surface area contributed by atoms with Gasteiger partial charge in [0.15, 0.2) is 11.5 Å². The van der Waals surface area contributed by atoms with Gasteiger partial charge in [-0.25, -0.2) is 4.79 Å². The molecule has 0 aliphatic rings. The zero-order valence-electron chi connectivity index (χ0n) is 12.8. The normalized spacial score (nSPS) is 10.5. The van der Waals surface area contributed by atoms with Crippen LogP contribution >= 0.6 is 0 Å². The summed E-state index contributed by atoms with van der Waals surface area (Å²) in [5.41, 5.74) is 0.720. The molecule has 0 bridgehead atoms. The predicted octanol–water partition coefficient (Wildman–Crippen LogP) is 3.04. The fraction of sp³-hybridized carbons (Fsp3) is 0.167. The molecule has 0 heterocycles. The van der Waals surface area contributed by atoms with E-state index < -0.39 is 5.97 Å². The van der Waals surface area contributed by atoms with Crippen LogP contribution in [0.25, 0.3) is 6.08 Å². The minimum atomic E-state index is -0.464.